The van der Waals surface area contributed by atoms with Crippen LogP contribution in [0.3, 0.4) is 0 Å². The summed E-state index contributed by atoms with van der Waals surface area (Å²) >= 11 is 0. The summed E-state index contributed by atoms with van der Waals surface area (Å²) in [6, 6.07) is 5.46. The van der Waals surface area contributed by atoms with Gasteiger partial charge in [0.15, 0.2) is 0 Å². The monoisotopic (exact) mass is 282 g/mol. The third-order valence-corrected chi connectivity index (χ3v) is 3.18. The first-order valence-corrected chi connectivity index (χ1v) is 6.41. The van der Waals surface area contributed by atoms with Crippen molar-refractivity contribution in [2.45, 2.75) is 32.2 Å². The molecule has 0 aromatic heterocycles. The minimum Gasteiger partial charge on any atom is -0.480 e. The molecule has 0 aliphatic rings. The SMILES string of the molecule is CCC(C)(NC(=O)NCCc1ccc(F)cc1)C(=O)O. The van der Waals surface area contributed by atoms with Crippen molar-refractivity contribution in [1.82, 2.24) is 10.6 Å². The van der Waals surface area contributed by atoms with Crippen LogP contribution in [0.15, 0.2) is 24.3 Å². The van der Waals surface area contributed by atoms with Crippen LogP contribution in [0, 0.1) is 5.82 Å². The van der Waals surface area contributed by atoms with Crippen molar-refractivity contribution in [2.24, 2.45) is 0 Å². The third-order valence-electron chi connectivity index (χ3n) is 3.18. The van der Waals surface area contributed by atoms with Crippen LogP contribution in [0.5, 0.6) is 0 Å². The Morgan fingerprint density at radius 1 is 1.30 bits per heavy atom. The quantitative estimate of drug-likeness (QED) is 0.746. The number of hydrogen-bond acceptors (Lipinski definition) is 2. The summed E-state index contributed by atoms with van der Waals surface area (Å²) in [5, 5.41) is 14.0. The van der Waals surface area contributed by atoms with E-state index in [9.17, 15) is 14.0 Å². The second kappa shape index (κ2) is 6.88. The first-order valence-electron chi connectivity index (χ1n) is 6.41. The lowest BCUT2D eigenvalue weighted by molar-refractivity contribution is -0.143. The number of halogens is 1. The van der Waals surface area contributed by atoms with Gasteiger partial charge in [0, 0.05) is 6.54 Å². The molecule has 1 atom stereocenters. The summed E-state index contributed by atoms with van der Waals surface area (Å²) in [5.41, 5.74) is -0.386. The average molecular weight is 282 g/mol. The predicted octanol–water partition coefficient (Wildman–Crippen LogP) is 1.92. The van der Waals surface area contributed by atoms with Gasteiger partial charge in [-0.25, -0.2) is 14.0 Å². The van der Waals surface area contributed by atoms with Crippen LogP contribution < -0.4 is 10.6 Å². The lowest BCUT2D eigenvalue weighted by atomic mass is 10.00. The summed E-state index contributed by atoms with van der Waals surface area (Å²) in [6.07, 6.45) is 0.831. The van der Waals surface area contributed by atoms with Crippen LogP contribution in [-0.4, -0.2) is 29.2 Å². The normalized spacial score (nSPS) is 13.3. The van der Waals surface area contributed by atoms with Crippen LogP contribution in [0.1, 0.15) is 25.8 Å². The number of nitrogens with one attached hydrogen (secondary N) is 2. The number of carboxylic acid groups (broad SMARTS) is 1. The van der Waals surface area contributed by atoms with E-state index >= 15 is 0 Å². The standard InChI is InChI=1S/C14H19FN2O3/c1-3-14(2,12(18)19)17-13(20)16-9-8-10-4-6-11(15)7-5-10/h4-7H,3,8-9H2,1-2H3,(H,18,19)(H2,16,17,20). The molecule has 0 fully saturated rings. The fourth-order valence-corrected chi connectivity index (χ4v) is 1.56. The molecule has 0 bridgehead atoms. The Hall–Kier alpha value is -2.11. The highest BCUT2D eigenvalue weighted by Crippen LogP contribution is 2.08. The second-order valence-corrected chi connectivity index (χ2v) is 4.75. The average Bonchev–Trinajstić information content (AvgIpc) is 2.40. The predicted molar refractivity (Wildman–Crippen MR) is 73.0 cm³/mol. The number of carboxylic acids is 1. The fraction of sp³-hybridized carbons (Fsp3) is 0.429. The summed E-state index contributed by atoms with van der Waals surface area (Å²) in [5.74, 6) is -1.38. The van der Waals surface area contributed by atoms with E-state index in [1.807, 2.05) is 0 Å². The molecular weight excluding hydrogens is 263 g/mol. The van der Waals surface area contributed by atoms with Gasteiger partial charge in [-0.15, -0.1) is 0 Å². The van der Waals surface area contributed by atoms with Crippen molar-refractivity contribution >= 4 is 12.0 Å². The zero-order valence-electron chi connectivity index (χ0n) is 11.6. The molecule has 0 saturated heterocycles. The minimum atomic E-state index is -1.28. The third kappa shape index (κ3) is 4.53. The van der Waals surface area contributed by atoms with E-state index in [0.29, 0.717) is 13.0 Å². The smallest absolute Gasteiger partial charge is 0.329 e. The molecule has 110 valence electrons. The molecule has 0 aliphatic carbocycles. The lowest BCUT2D eigenvalue weighted by Gasteiger charge is -2.24. The van der Waals surface area contributed by atoms with E-state index in [4.69, 9.17) is 5.11 Å². The molecule has 0 aliphatic heterocycles. The van der Waals surface area contributed by atoms with E-state index in [1.54, 1.807) is 19.1 Å². The van der Waals surface area contributed by atoms with E-state index in [-0.39, 0.29) is 12.2 Å². The van der Waals surface area contributed by atoms with Crippen molar-refractivity contribution in [3.63, 3.8) is 0 Å². The van der Waals surface area contributed by atoms with Gasteiger partial charge in [-0.05, 0) is 37.5 Å². The largest absolute Gasteiger partial charge is 0.480 e. The van der Waals surface area contributed by atoms with E-state index in [2.05, 4.69) is 10.6 Å². The van der Waals surface area contributed by atoms with Gasteiger partial charge >= 0.3 is 12.0 Å². The Bertz CT molecular complexity index is 476. The molecule has 0 radical (unpaired) electrons. The van der Waals surface area contributed by atoms with Crippen LogP contribution in [0.25, 0.3) is 0 Å². The van der Waals surface area contributed by atoms with Crippen molar-refractivity contribution < 1.29 is 19.1 Å². The number of benzene rings is 1. The molecule has 1 aromatic rings. The second-order valence-electron chi connectivity index (χ2n) is 4.75. The van der Waals surface area contributed by atoms with Gasteiger partial charge in [0.1, 0.15) is 11.4 Å². The number of amides is 2. The van der Waals surface area contributed by atoms with Crippen LogP contribution in [0.4, 0.5) is 9.18 Å². The van der Waals surface area contributed by atoms with Gasteiger partial charge in [0.05, 0.1) is 0 Å². The summed E-state index contributed by atoms with van der Waals surface area (Å²) in [6.45, 7) is 3.48. The van der Waals surface area contributed by atoms with Gasteiger partial charge < -0.3 is 15.7 Å². The van der Waals surface area contributed by atoms with Gasteiger partial charge in [-0.3, -0.25) is 0 Å². The van der Waals surface area contributed by atoms with Gasteiger partial charge in [0.2, 0.25) is 0 Å². The summed E-state index contributed by atoms with van der Waals surface area (Å²) < 4.78 is 12.7. The van der Waals surface area contributed by atoms with Gasteiger partial charge in [0.25, 0.3) is 0 Å². The van der Waals surface area contributed by atoms with Crippen LogP contribution in [-0.2, 0) is 11.2 Å². The topological polar surface area (TPSA) is 78.4 Å². The molecule has 0 saturated carbocycles. The Morgan fingerprint density at radius 2 is 1.90 bits per heavy atom. The number of urea groups is 1. The molecule has 1 rings (SSSR count). The molecule has 1 unspecified atom stereocenters. The zero-order chi connectivity index (χ0) is 15.2. The Balaban J connectivity index is 2.40. The maximum absolute atomic E-state index is 12.7. The summed E-state index contributed by atoms with van der Waals surface area (Å²) in [7, 11) is 0. The molecular formula is C14H19FN2O3. The van der Waals surface area contributed by atoms with E-state index in [0.717, 1.165) is 5.56 Å². The summed E-state index contributed by atoms with van der Waals surface area (Å²) in [4.78, 5) is 22.7. The number of aliphatic carboxylic acids is 1. The van der Waals surface area contributed by atoms with Crippen molar-refractivity contribution in [2.75, 3.05) is 6.54 Å². The molecule has 2 amide bonds. The number of carbonyl (C=O) groups is 2. The maximum Gasteiger partial charge on any atom is 0.329 e. The highest BCUT2D eigenvalue weighted by Gasteiger charge is 2.32. The molecule has 0 spiro atoms. The first kappa shape index (κ1) is 15.9. The van der Waals surface area contributed by atoms with E-state index in [1.165, 1.54) is 19.1 Å². The van der Waals surface area contributed by atoms with Crippen molar-refractivity contribution in [3.05, 3.63) is 35.6 Å². The van der Waals surface area contributed by atoms with Crippen molar-refractivity contribution in [1.29, 1.82) is 0 Å². The maximum atomic E-state index is 12.7. The molecule has 20 heavy (non-hydrogen) atoms. The van der Waals surface area contributed by atoms with Crippen LogP contribution >= 0.6 is 0 Å². The first-order chi connectivity index (χ1) is 9.37. The molecule has 3 N–H and O–H groups in total. The minimum absolute atomic E-state index is 0.285. The number of rotatable bonds is 6. The zero-order valence-corrected chi connectivity index (χ0v) is 11.6. The number of carbonyl (C=O) groups excluding carboxylic acids is 1. The Kier molecular flexibility index (Phi) is 5.49. The molecule has 0 heterocycles. The van der Waals surface area contributed by atoms with E-state index < -0.39 is 17.5 Å². The Morgan fingerprint density at radius 3 is 2.40 bits per heavy atom. The number of hydrogen-bond donors (Lipinski definition) is 3. The highest BCUT2D eigenvalue weighted by atomic mass is 19.1. The molecule has 5 nitrogen and oxygen atoms in total. The Labute approximate surface area is 117 Å². The fourth-order valence-electron chi connectivity index (χ4n) is 1.56. The highest BCUT2D eigenvalue weighted by molar-refractivity contribution is 5.85. The molecule has 6 heteroatoms. The van der Waals surface area contributed by atoms with Crippen LogP contribution in [0.2, 0.25) is 0 Å². The molecule has 1 aromatic carbocycles. The van der Waals surface area contributed by atoms with Gasteiger partial charge in [-0.1, -0.05) is 19.1 Å². The van der Waals surface area contributed by atoms with Gasteiger partial charge in [-0.2, -0.15) is 0 Å². The lowest BCUT2D eigenvalue weighted by Crippen LogP contribution is -2.55. The van der Waals surface area contributed by atoms with Crippen molar-refractivity contribution in [3.8, 4) is 0 Å².